The van der Waals surface area contributed by atoms with Crippen LogP contribution >= 0.6 is 0 Å². The van der Waals surface area contributed by atoms with E-state index in [1.54, 1.807) is 30.7 Å². The zero-order valence-corrected chi connectivity index (χ0v) is 15.6. The third kappa shape index (κ3) is 4.45. The van der Waals surface area contributed by atoms with E-state index in [0.717, 1.165) is 29.1 Å². The molecule has 0 spiro atoms. The number of non-ortho nitro benzene ring substituents is 1. The average molecular weight is 402 g/mol. The number of rotatable bonds is 5. The van der Waals surface area contributed by atoms with Gasteiger partial charge in [0, 0.05) is 34.8 Å². The van der Waals surface area contributed by atoms with Gasteiger partial charge in [-0.15, -0.1) is 0 Å². The molecule has 1 aromatic heterocycles. The van der Waals surface area contributed by atoms with Crippen LogP contribution in [0.1, 0.15) is 22.5 Å². The highest BCUT2D eigenvalue weighted by Gasteiger charge is 2.30. The number of aromatic nitrogens is 1. The molecule has 0 aliphatic rings. The molecule has 2 aromatic carbocycles. The number of benzene rings is 2. The van der Waals surface area contributed by atoms with Crippen LogP contribution in [0.25, 0.3) is 5.69 Å². The molecule has 0 amide bonds. The van der Waals surface area contributed by atoms with E-state index >= 15 is 0 Å². The van der Waals surface area contributed by atoms with Gasteiger partial charge in [0.2, 0.25) is 0 Å². The summed E-state index contributed by atoms with van der Waals surface area (Å²) in [7, 11) is 0. The molecule has 0 aliphatic heterocycles. The maximum atomic E-state index is 13.0. The van der Waals surface area contributed by atoms with E-state index in [1.165, 1.54) is 30.3 Å². The lowest BCUT2D eigenvalue weighted by Gasteiger charge is -2.13. The summed E-state index contributed by atoms with van der Waals surface area (Å²) in [4.78, 5) is 10.2. The molecule has 0 fully saturated rings. The smallest absolute Gasteiger partial charge is 0.318 e. The van der Waals surface area contributed by atoms with E-state index in [4.69, 9.17) is 0 Å². The van der Waals surface area contributed by atoms with E-state index in [9.17, 15) is 23.3 Å². The highest BCUT2D eigenvalue weighted by Crippen LogP contribution is 2.31. The van der Waals surface area contributed by atoms with Crippen LogP contribution in [0.5, 0.6) is 0 Å². The molecule has 3 aromatic rings. The summed E-state index contributed by atoms with van der Waals surface area (Å²) in [6, 6.07) is 12.7. The van der Waals surface area contributed by atoms with Gasteiger partial charge >= 0.3 is 6.18 Å². The van der Waals surface area contributed by atoms with Gasteiger partial charge in [0.25, 0.3) is 5.69 Å². The first-order chi connectivity index (χ1) is 13.7. The quantitative estimate of drug-likeness (QED) is 0.350. The van der Waals surface area contributed by atoms with Crippen molar-refractivity contribution in [2.75, 3.05) is 5.43 Å². The Hall–Kier alpha value is -3.62. The van der Waals surface area contributed by atoms with Gasteiger partial charge in [-0.1, -0.05) is 6.07 Å². The van der Waals surface area contributed by atoms with E-state index in [0.29, 0.717) is 11.4 Å². The van der Waals surface area contributed by atoms with Crippen LogP contribution < -0.4 is 5.43 Å². The Morgan fingerprint density at radius 1 is 1.10 bits per heavy atom. The fourth-order valence-electron chi connectivity index (χ4n) is 2.97. The molecule has 29 heavy (non-hydrogen) atoms. The number of nitro benzene ring substituents is 1. The maximum Gasteiger partial charge on any atom is 0.416 e. The summed E-state index contributed by atoms with van der Waals surface area (Å²) in [6.45, 7) is 3.59. The monoisotopic (exact) mass is 402 g/mol. The van der Waals surface area contributed by atoms with Gasteiger partial charge in [0.1, 0.15) is 0 Å². The van der Waals surface area contributed by atoms with Crippen LogP contribution in [0.15, 0.2) is 59.7 Å². The van der Waals surface area contributed by atoms with Gasteiger partial charge in [0.05, 0.1) is 22.4 Å². The van der Waals surface area contributed by atoms with Crippen molar-refractivity contribution < 1.29 is 18.1 Å². The van der Waals surface area contributed by atoms with Crippen molar-refractivity contribution in [1.82, 2.24) is 4.57 Å². The Kier molecular flexibility index (Phi) is 5.40. The van der Waals surface area contributed by atoms with Crippen molar-refractivity contribution in [2.24, 2.45) is 5.10 Å². The SMILES string of the molecule is Cc1cc(/C=N/Nc2ccc([N+](=O)[O-])cc2)c(C)n1-c1cccc(C(F)(F)F)c1. The van der Waals surface area contributed by atoms with Crippen molar-refractivity contribution in [3.8, 4) is 5.69 Å². The normalized spacial score (nSPS) is 11.8. The van der Waals surface area contributed by atoms with Crippen molar-refractivity contribution in [3.05, 3.63) is 87.2 Å². The molecule has 0 radical (unpaired) electrons. The van der Waals surface area contributed by atoms with Crippen molar-refractivity contribution in [2.45, 2.75) is 20.0 Å². The summed E-state index contributed by atoms with van der Waals surface area (Å²) in [5.74, 6) is 0. The second-order valence-corrected chi connectivity index (χ2v) is 6.38. The van der Waals surface area contributed by atoms with Gasteiger partial charge in [-0.3, -0.25) is 15.5 Å². The first kappa shape index (κ1) is 20.1. The molecule has 0 atom stereocenters. The molecule has 150 valence electrons. The van der Waals surface area contributed by atoms with Crippen molar-refractivity contribution >= 4 is 17.6 Å². The van der Waals surface area contributed by atoms with Crippen LogP contribution in [-0.2, 0) is 6.18 Å². The second kappa shape index (κ2) is 7.78. The number of hydrazone groups is 1. The number of anilines is 1. The molecule has 0 saturated carbocycles. The standard InChI is InChI=1S/C20H17F3N4O2/c1-13-10-15(12-24-25-17-6-8-18(9-7-17)27(28)29)14(2)26(13)19-5-3-4-16(11-19)20(21,22)23/h3-12,25H,1-2H3/b24-12+. The van der Waals surface area contributed by atoms with Crippen LogP contribution in [0.2, 0.25) is 0 Å². The summed E-state index contributed by atoms with van der Waals surface area (Å²) >= 11 is 0. The Morgan fingerprint density at radius 2 is 1.79 bits per heavy atom. The minimum absolute atomic E-state index is 0.0239. The topological polar surface area (TPSA) is 72.5 Å². The van der Waals surface area contributed by atoms with Gasteiger partial charge in [-0.2, -0.15) is 18.3 Å². The number of halogens is 3. The predicted octanol–water partition coefficient (Wildman–Crippen LogP) is 5.47. The number of hydrogen-bond acceptors (Lipinski definition) is 4. The molecule has 3 rings (SSSR count). The lowest BCUT2D eigenvalue weighted by Crippen LogP contribution is -2.07. The minimum atomic E-state index is -4.41. The molecule has 0 aliphatic carbocycles. The Bertz CT molecular complexity index is 1070. The summed E-state index contributed by atoms with van der Waals surface area (Å²) in [5, 5.41) is 14.8. The largest absolute Gasteiger partial charge is 0.416 e. The van der Waals surface area contributed by atoms with Crippen LogP contribution in [0, 0.1) is 24.0 Å². The lowest BCUT2D eigenvalue weighted by molar-refractivity contribution is -0.384. The summed E-state index contributed by atoms with van der Waals surface area (Å²) in [5.41, 5.74) is 5.25. The van der Waals surface area contributed by atoms with Gasteiger partial charge < -0.3 is 4.57 Å². The fourth-order valence-corrected chi connectivity index (χ4v) is 2.97. The second-order valence-electron chi connectivity index (χ2n) is 6.38. The third-order valence-corrected chi connectivity index (χ3v) is 4.38. The Balaban J connectivity index is 1.82. The molecule has 9 heteroatoms. The minimum Gasteiger partial charge on any atom is -0.318 e. The number of nitrogens with one attached hydrogen (secondary N) is 1. The number of nitro groups is 1. The van der Waals surface area contributed by atoms with Crippen LogP contribution in [-0.4, -0.2) is 15.7 Å². The van der Waals surface area contributed by atoms with E-state index in [2.05, 4.69) is 10.5 Å². The number of alkyl halides is 3. The molecule has 1 heterocycles. The molecule has 0 saturated heterocycles. The zero-order chi connectivity index (χ0) is 21.2. The van der Waals surface area contributed by atoms with Gasteiger partial charge in [-0.05, 0) is 50.2 Å². The van der Waals surface area contributed by atoms with Crippen molar-refractivity contribution in [1.29, 1.82) is 0 Å². The Morgan fingerprint density at radius 3 is 2.41 bits per heavy atom. The third-order valence-electron chi connectivity index (χ3n) is 4.38. The van der Waals surface area contributed by atoms with Crippen LogP contribution in [0.3, 0.4) is 0 Å². The summed E-state index contributed by atoms with van der Waals surface area (Å²) < 4.78 is 40.8. The van der Waals surface area contributed by atoms with Crippen molar-refractivity contribution in [3.63, 3.8) is 0 Å². The Labute approximate surface area is 164 Å². The number of aryl methyl sites for hydroxylation is 1. The number of hydrogen-bond donors (Lipinski definition) is 1. The predicted molar refractivity (Wildman–Crippen MR) is 105 cm³/mol. The van der Waals surface area contributed by atoms with Gasteiger partial charge in [-0.25, -0.2) is 0 Å². The molecular weight excluding hydrogens is 385 g/mol. The van der Waals surface area contributed by atoms with Gasteiger partial charge in [0.15, 0.2) is 0 Å². The van der Waals surface area contributed by atoms with Crippen LogP contribution in [0.4, 0.5) is 24.5 Å². The summed E-state index contributed by atoms with van der Waals surface area (Å²) in [6.07, 6.45) is -2.86. The lowest BCUT2D eigenvalue weighted by atomic mass is 10.2. The average Bonchev–Trinajstić information content (AvgIpc) is 2.95. The zero-order valence-electron chi connectivity index (χ0n) is 15.6. The first-order valence-corrected chi connectivity index (χ1v) is 8.57. The highest BCUT2D eigenvalue weighted by atomic mass is 19.4. The van der Waals surface area contributed by atoms with E-state index in [1.807, 2.05) is 6.07 Å². The molecular formula is C20H17F3N4O2. The first-order valence-electron chi connectivity index (χ1n) is 8.57. The van der Waals surface area contributed by atoms with E-state index in [-0.39, 0.29) is 5.69 Å². The number of nitrogens with zero attached hydrogens (tertiary/aromatic N) is 3. The molecule has 0 unspecified atom stereocenters. The molecule has 0 bridgehead atoms. The van der Waals surface area contributed by atoms with E-state index < -0.39 is 16.7 Å². The fraction of sp³-hybridized carbons (Fsp3) is 0.150. The molecule has 6 nitrogen and oxygen atoms in total. The maximum absolute atomic E-state index is 13.0. The molecule has 1 N–H and O–H groups in total. The highest BCUT2D eigenvalue weighted by molar-refractivity contribution is 5.82.